The molecule has 1 fully saturated rings. The lowest BCUT2D eigenvalue weighted by molar-refractivity contribution is -0.138. The fourth-order valence-corrected chi connectivity index (χ4v) is 3.91. The molecular formula is C23H24N2O4. The fourth-order valence-electron chi connectivity index (χ4n) is 3.91. The third-order valence-electron chi connectivity index (χ3n) is 5.30. The highest BCUT2D eigenvalue weighted by atomic mass is 16.8. The van der Waals surface area contributed by atoms with Gasteiger partial charge in [-0.2, -0.15) is 0 Å². The predicted molar refractivity (Wildman–Crippen MR) is 109 cm³/mol. The van der Waals surface area contributed by atoms with E-state index >= 15 is 0 Å². The first-order valence-corrected chi connectivity index (χ1v) is 9.95. The lowest BCUT2D eigenvalue weighted by atomic mass is 10.1. The van der Waals surface area contributed by atoms with Gasteiger partial charge in [0.15, 0.2) is 18.0 Å². The Bertz CT molecular complexity index is 851. The predicted octanol–water partition coefficient (Wildman–Crippen LogP) is 3.85. The summed E-state index contributed by atoms with van der Waals surface area (Å²) in [6.45, 7) is 4.75. The van der Waals surface area contributed by atoms with Crippen molar-refractivity contribution in [1.29, 1.82) is 0 Å². The van der Waals surface area contributed by atoms with E-state index < -0.39 is 18.0 Å². The Morgan fingerprint density at radius 2 is 1.10 bits per heavy atom. The van der Waals surface area contributed by atoms with E-state index in [2.05, 4.69) is 24.3 Å². The summed E-state index contributed by atoms with van der Waals surface area (Å²) in [5, 5.41) is 0. The fraction of sp³-hybridized carbons (Fsp3) is 0.391. The van der Waals surface area contributed by atoms with Crippen LogP contribution in [0.3, 0.4) is 0 Å². The van der Waals surface area contributed by atoms with Crippen LogP contribution in [0.4, 0.5) is 0 Å². The summed E-state index contributed by atoms with van der Waals surface area (Å²) in [4.78, 5) is 9.57. The molecule has 0 radical (unpaired) electrons. The lowest BCUT2D eigenvalue weighted by Gasteiger charge is -2.16. The van der Waals surface area contributed by atoms with Crippen LogP contribution in [0.2, 0.25) is 0 Å². The number of ether oxygens (including phenoxy) is 4. The van der Waals surface area contributed by atoms with E-state index in [1.165, 1.54) is 0 Å². The van der Waals surface area contributed by atoms with E-state index in [0.717, 1.165) is 11.1 Å². The summed E-state index contributed by atoms with van der Waals surface area (Å²) in [6, 6.07) is 20.2. The molecule has 6 heteroatoms. The van der Waals surface area contributed by atoms with Crippen molar-refractivity contribution in [2.75, 3.05) is 13.2 Å². The van der Waals surface area contributed by atoms with Crippen molar-refractivity contribution in [3.8, 4) is 0 Å². The van der Waals surface area contributed by atoms with Gasteiger partial charge in [-0.05, 0) is 25.0 Å². The standard InChI is InChI=1S/C23H24N2O4/c1-23(2)28-19(21-24-17(13-26-21)15-9-5-3-6-10-15)20(29-23)22-25-18(14-27-22)16-11-7-4-8-12-16/h3-12,17-20H,13-14H2,1-2H3/t17-,18-,19+,20+/m0/s1. The highest BCUT2D eigenvalue weighted by molar-refractivity contribution is 5.93. The third kappa shape index (κ3) is 3.66. The summed E-state index contributed by atoms with van der Waals surface area (Å²) in [5.74, 6) is 0.315. The van der Waals surface area contributed by atoms with E-state index in [9.17, 15) is 0 Å². The molecule has 0 aromatic heterocycles. The maximum absolute atomic E-state index is 6.14. The van der Waals surface area contributed by atoms with Crippen LogP contribution >= 0.6 is 0 Å². The van der Waals surface area contributed by atoms with E-state index in [-0.39, 0.29) is 12.1 Å². The van der Waals surface area contributed by atoms with Gasteiger partial charge < -0.3 is 18.9 Å². The van der Waals surface area contributed by atoms with E-state index in [1.807, 2.05) is 50.2 Å². The van der Waals surface area contributed by atoms with Gasteiger partial charge in [0.25, 0.3) is 0 Å². The average molecular weight is 392 g/mol. The second-order valence-electron chi connectivity index (χ2n) is 7.89. The zero-order valence-corrected chi connectivity index (χ0v) is 16.5. The summed E-state index contributed by atoms with van der Waals surface area (Å²) >= 11 is 0. The van der Waals surface area contributed by atoms with Crippen molar-refractivity contribution in [3.63, 3.8) is 0 Å². The molecule has 0 spiro atoms. The second kappa shape index (κ2) is 7.28. The van der Waals surface area contributed by atoms with Gasteiger partial charge in [0, 0.05) is 0 Å². The minimum atomic E-state index is -0.775. The molecule has 0 amide bonds. The molecule has 2 aromatic carbocycles. The van der Waals surface area contributed by atoms with Crippen molar-refractivity contribution in [2.24, 2.45) is 9.98 Å². The Balaban J connectivity index is 1.39. The highest BCUT2D eigenvalue weighted by Crippen LogP contribution is 2.36. The Morgan fingerprint density at radius 3 is 1.52 bits per heavy atom. The van der Waals surface area contributed by atoms with Crippen LogP contribution in [-0.2, 0) is 18.9 Å². The Labute approximate surface area is 170 Å². The van der Waals surface area contributed by atoms with Crippen LogP contribution in [0.25, 0.3) is 0 Å². The normalized spacial score (nSPS) is 30.4. The minimum Gasteiger partial charge on any atom is -0.476 e. The van der Waals surface area contributed by atoms with Gasteiger partial charge >= 0.3 is 0 Å². The molecule has 3 aliphatic heterocycles. The second-order valence-corrected chi connectivity index (χ2v) is 7.89. The van der Waals surface area contributed by atoms with Crippen LogP contribution in [0.15, 0.2) is 70.6 Å². The largest absolute Gasteiger partial charge is 0.476 e. The minimum absolute atomic E-state index is 0.0392. The molecule has 5 rings (SSSR count). The number of benzene rings is 2. The van der Waals surface area contributed by atoms with Crippen molar-refractivity contribution in [1.82, 2.24) is 0 Å². The molecule has 2 aromatic rings. The van der Waals surface area contributed by atoms with Crippen LogP contribution < -0.4 is 0 Å². The highest BCUT2D eigenvalue weighted by Gasteiger charge is 2.50. The van der Waals surface area contributed by atoms with E-state index in [1.54, 1.807) is 0 Å². The molecule has 4 atom stereocenters. The molecule has 29 heavy (non-hydrogen) atoms. The van der Waals surface area contributed by atoms with Crippen LogP contribution in [-0.4, -0.2) is 43.0 Å². The van der Waals surface area contributed by atoms with Crippen molar-refractivity contribution in [3.05, 3.63) is 71.8 Å². The molecular weight excluding hydrogens is 368 g/mol. The number of hydrogen-bond donors (Lipinski definition) is 0. The number of hydrogen-bond acceptors (Lipinski definition) is 6. The summed E-state index contributed by atoms with van der Waals surface area (Å²) in [5.41, 5.74) is 2.24. The number of rotatable bonds is 4. The zero-order chi connectivity index (χ0) is 19.8. The summed E-state index contributed by atoms with van der Waals surface area (Å²) < 4.78 is 24.2. The summed E-state index contributed by atoms with van der Waals surface area (Å²) in [6.07, 6.45) is -0.959. The molecule has 0 saturated carbocycles. The van der Waals surface area contributed by atoms with E-state index in [0.29, 0.717) is 25.0 Å². The zero-order valence-electron chi connectivity index (χ0n) is 16.5. The lowest BCUT2D eigenvalue weighted by Crippen LogP contribution is -2.37. The van der Waals surface area contributed by atoms with Crippen molar-refractivity contribution >= 4 is 11.8 Å². The van der Waals surface area contributed by atoms with Crippen LogP contribution in [0.5, 0.6) is 0 Å². The molecule has 1 saturated heterocycles. The molecule has 3 heterocycles. The smallest absolute Gasteiger partial charge is 0.217 e. The van der Waals surface area contributed by atoms with Crippen molar-refractivity contribution < 1.29 is 18.9 Å². The maximum Gasteiger partial charge on any atom is 0.217 e. The van der Waals surface area contributed by atoms with Gasteiger partial charge in [-0.15, -0.1) is 0 Å². The monoisotopic (exact) mass is 392 g/mol. The molecule has 0 bridgehead atoms. The first-order chi connectivity index (χ1) is 14.1. The SMILES string of the molecule is CC1(C)O[C@@H](C2=N[C@H](c3ccccc3)CO2)[C@H](C2=N[C@H](c3ccccc3)CO2)O1. The quantitative estimate of drug-likeness (QED) is 0.793. The van der Waals surface area contributed by atoms with Crippen LogP contribution in [0, 0.1) is 0 Å². The Kier molecular flexibility index (Phi) is 4.60. The van der Waals surface area contributed by atoms with Crippen molar-refractivity contribution in [2.45, 2.75) is 43.9 Å². The molecule has 0 N–H and O–H groups in total. The Morgan fingerprint density at radius 1 is 0.690 bits per heavy atom. The Hall–Kier alpha value is -2.70. The molecule has 3 aliphatic rings. The molecule has 0 aliphatic carbocycles. The van der Waals surface area contributed by atoms with Gasteiger partial charge in [0.1, 0.15) is 25.3 Å². The first kappa shape index (κ1) is 18.3. The van der Waals surface area contributed by atoms with Crippen LogP contribution in [0.1, 0.15) is 37.1 Å². The average Bonchev–Trinajstić information content (AvgIpc) is 3.47. The van der Waals surface area contributed by atoms with Gasteiger partial charge in [-0.1, -0.05) is 60.7 Å². The topological polar surface area (TPSA) is 61.6 Å². The number of aliphatic imine (C=N–C) groups is 2. The first-order valence-electron chi connectivity index (χ1n) is 9.95. The number of nitrogens with zero attached hydrogens (tertiary/aromatic N) is 2. The third-order valence-corrected chi connectivity index (χ3v) is 5.30. The van der Waals surface area contributed by atoms with Gasteiger partial charge in [0.05, 0.1) is 0 Å². The molecule has 0 unspecified atom stereocenters. The maximum atomic E-state index is 6.14. The van der Waals surface area contributed by atoms with Gasteiger partial charge in [0.2, 0.25) is 11.8 Å². The summed E-state index contributed by atoms with van der Waals surface area (Å²) in [7, 11) is 0. The molecule has 150 valence electrons. The van der Waals surface area contributed by atoms with Gasteiger partial charge in [-0.25, -0.2) is 9.98 Å². The molecule has 6 nitrogen and oxygen atoms in total. The van der Waals surface area contributed by atoms with Gasteiger partial charge in [-0.3, -0.25) is 0 Å². The van der Waals surface area contributed by atoms with E-state index in [4.69, 9.17) is 28.9 Å².